The number of amides is 1. The maximum atomic E-state index is 11.8. The van der Waals surface area contributed by atoms with Gasteiger partial charge in [-0.1, -0.05) is 35.0 Å². The maximum absolute atomic E-state index is 11.8. The highest BCUT2D eigenvalue weighted by atomic mass is 35.5. The molecule has 0 aromatic heterocycles. The van der Waals surface area contributed by atoms with Crippen LogP contribution in [-0.2, 0) is 16.1 Å². The number of nitrogens with one attached hydrogen (secondary N) is 1. The lowest BCUT2D eigenvalue weighted by Crippen LogP contribution is -2.35. The lowest BCUT2D eigenvalue weighted by atomic mass is 10.1. The van der Waals surface area contributed by atoms with E-state index in [0.29, 0.717) is 10.6 Å². The Morgan fingerprint density at radius 2 is 2.05 bits per heavy atom. The molecule has 0 saturated heterocycles. The summed E-state index contributed by atoms with van der Waals surface area (Å²) >= 11 is 5.91. The fourth-order valence-electron chi connectivity index (χ4n) is 1.29. The predicted octanol–water partition coefficient (Wildman–Crippen LogP) is 1.85. The van der Waals surface area contributed by atoms with Gasteiger partial charge in [-0.15, -0.1) is 0 Å². The molecule has 0 saturated carbocycles. The SMILES string of the molecule is NC(Cc1ccccc1Cl)=NOCC(=O)NCC(F)(F)F. The topological polar surface area (TPSA) is 76.7 Å². The van der Waals surface area contributed by atoms with Crippen LogP contribution >= 0.6 is 11.6 Å². The predicted molar refractivity (Wildman–Crippen MR) is 71.8 cm³/mol. The molecule has 0 fully saturated rings. The molecule has 9 heteroatoms. The van der Waals surface area contributed by atoms with E-state index in [4.69, 9.17) is 17.3 Å². The van der Waals surface area contributed by atoms with Crippen LogP contribution in [0.1, 0.15) is 5.56 Å². The summed E-state index contributed by atoms with van der Waals surface area (Å²) in [6.07, 6.45) is -4.27. The van der Waals surface area contributed by atoms with E-state index in [1.807, 2.05) is 0 Å². The fourth-order valence-corrected chi connectivity index (χ4v) is 1.50. The molecule has 1 aromatic rings. The molecule has 0 aliphatic heterocycles. The average molecular weight is 324 g/mol. The first kappa shape index (κ1) is 17.1. The van der Waals surface area contributed by atoms with E-state index in [9.17, 15) is 18.0 Å². The zero-order chi connectivity index (χ0) is 15.9. The summed E-state index contributed by atoms with van der Waals surface area (Å²) in [5.41, 5.74) is 6.27. The van der Waals surface area contributed by atoms with Gasteiger partial charge in [0.05, 0.1) is 0 Å². The summed E-state index contributed by atoms with van der Waals surface area (Å²) in [6, 6.07) is 6.93. The number of amidine groups is 1. The van der Waals surface area contributed by atoms with Crippen LogP contribution in [0.2, 0.25) is 5.02 Å². The molecule has 5 nitrogen and oxygen atoms in total. The highest BCUT2D eigenvalue weighted by Gasteiger charge is 2.27. The van der Waals surface area contributed by atoms with E-state index >= 15 is 0 Å². The van der Waals surface area contributed by atoms with Gasteiger partial charge in [0.15, 0.2) is 6.61 Å². The monoisotopic (exact) mass is 323 g/mol. The van der Waals surface area contributed by atoms with Crippen molar-refractivity contribution in [1.29, 1.82) is 0 Å². The van der Waals surface area contributed by atoms with Crippen molar-refractivity contribution in [3.05, 3.63) is 34.9 Å². The lowest BCUT2D eigenvalue weighted by molar-refractivity contribution is -0.141. The van der Waals surface area contributed by atoms with E-state index < -0.39 is 25.2 Å². The number of halogens is 4. The standard InChI is InChI=1S/C12H13ClF3N3O2/c13-9-4-2-1-3-8(9)5-10(17)19-21-6-11(20)18-7-12(14,15)16/h1-4H,5-7H2,(H2,17,19)(H,18,20). The normalized spacial score (nSPS) is 12.1. The summed E-state index contributed by atoms with van der Waals surface area (Å²) in [5.74, 6) is -0.895. The van der Waals surface area contributed by atoms with Gasteiger partial charge < -0.3 is 15.9 Å². The van der Waals surface area contributed by atoms with Crippen molar-refractivity contribution in [1.82, 2.24) is 5.32 Å². The highest BCUT2D eigenvalue weighted by molar-refractivity contribution is 6.31. The van der Waals surface area contributed by atoms with Crippen LogP contribution in [0.4, 0.5) is 13.2 Å². The summed E-state index contributed by atoms with van der Waals surface area (Å²) < 4.78 is 35.5. The number of nitrogens with two attached hydrogens (primary N) is 1. The number of carbonyl (C=O) groups is 1. The van der Waals surface area contributed by atoms with Gasteiger partial charge in [-0.2, -0.15) is 13.2 Å². The van der Waals surface area contributed by atoms with Crippen molar-refractivity contribution in [2.24, 2.45) is 10.9 Å². The zero-order valence-corrected chi connectivity index (χ0v) is 11.5. The van der Waals surface area contributed by atoms with Crippen molar-refractivity contribution in [2.45, 2.75) is 12.6 Å². The second-order valence-electron chi connectivity index (χ2n) is 4.02. The summed E-state index contributed by atoms with van der Waals surface area (Å²) in [7, 11) is 0. The third-order valence-corrected chi connectivity index (χ3v) is 2.56. The molecule has 3 N–H and O–H groups in total. The quantitative estimate of drug-likeness (QED) is 0.476. The van der Waals surface area contributed by atoms with Crippen molar-refractivity contribution in [2.75, 3.05) is 13.2 Å². The fraction of sp³-hybridized carbons (Fsp3) is 0.333. The molecule has 1 amide bonds. The number of carbonyl (C=O) groups excluding carboxylic acids is 1. The lowest BCUT2D eigenvalue weighted by Gasteiger charge is -2.07. The van der Waals surface area contributed by atoms with Crippen molar-refractivity contribution >= 4 is 23.3 Å². The van der Waals surface area contributed by atoms with Gasteiger partial charge in [0.1, 0.15) is 12.4 Å². The van der Waals surface area contributed by atoms with Gasteiger partial charge in [0.2, 0.25) is 0 Å². The number of oxime groups is 1. The molecule has 1 aromatic carbocycles. The third kappa shape index (κ3) is 7.40. The molecular formula is C12H13ClF3N3O2. The van der Waals surface area contributed by atoms with Gasteiger partial charge >= 0.3 is 6.18 Å². The van der Waals surface area contributed by atoms with E-state index in [-0.39, 0.29) is 12.3 Å². The van der Waals surface area contributed by atoms with Crippen molar-refractivity contribution in [3.63, 3.8) is 0 Å². The van der Waals surface area contributed by atoms with Crippen LogP contribution in [0, 0.1) is 0 Å². The second-order valence-corrected chi connectivity index (χ2v) is 4.42. The van der Waals surface area contributed by atoms with Crippen LogP contribution in [0.5, 0.6) is 0 Å². The maximum Gasteiger partial charge on any atom is 0.405 e. The summed E-state index contributed by atoms with van der Waals surface area (Å²) in [6.45, 7) is -2.08. The Balaban J connectivity index is 2.36. The summed E-state index contributed by atoms with van der Waals surface area (Å²) in [4.78, 5) is 15.6. The van der Waals surface area contributed by atoms with Crippen LogP contribution in [0.15, 0.2) is 29.4 Å². The number of nitrogens with zero attached hydrogens (tertiary/aromatic N) is 1. The van der Waals surface area contributed by atoms with Crippen LogP contribution in [0.3, 0.4) is 0 Å². The molecule has 0 spiro atoms. The van der Waals surface area contributed by atoms with Gasteiger partial charge in [-0.3, -0.25) is 4.79 Å². The van der Waals surface area contributed by atoms with Gasteiger partial charge in [0, 0.05) is 11.4 Å². The number of rotatable bonds is 6. The minimum atomic E-state index is -4.47. The molecule has 0 aliphatic carbocycles. The molecule has 0 atom stereocenters. The minimum Gasteiger partial charge on any atom is -0.384 e. The number of hydrogen-bond acceptors (Lipinski definition) is 3. The third-order valence-electron chi connectivity index (χ3n) is 2.19. The molecule has 0 bridgehead atoms. The molecule has 1 rings (SSSR count). The second kappa shape index (κ2) is 7.72. The first-order valence-electron chi connectivity index (χ1n) is 5.79. The molecule has 0 aliphatic rings. The first-order valence-corrected chi connectivity index (χ1v) is 6.17. The van der Waals surface area contributed by atoms with Crippen LogP contribution in [-0.4, -0.2) is 31.1 Å². The number of hydrogen-bond donors (Lipinski definition) is 2. The Morgan fingerprint density at radius 3 is 2.67 bits per heavy atom. The Morgan fingerprint density at radius 1 is 1.38 bits per heavy atom. The van der Waals surface area contributed by atoms with Gasteiger partial charge in [-0.25, -0.2) is 0 Å². The smallest absolute Gasteiger partial charge is 0.384 e. The molecule has 0 heterocycles. The van der Waals surface area contributed by atoms with Gasteiger partial charge in [-0.05, 0) is 11.6 Å². The largest absolute Gasteiger partial charge is 0.405 e. The number of alkyl halides is 3. The summed E-state index contributed by atoms with van der Waals surface area (Å²) in [5, 5.41) is 5.57. The highest BCUT2D eigenvalue weighted by Crippen LogP contribution is 2.15. The van der Waals surface area contributed by atoms with E-state index in [1.54, 1.807) is 29.6 Å². The van der Waals surface area contributed by atoms with Crippen molar-refractivity contribution < 1.29 is 22.8 Å². The number of benzene rings is 1. The van der Waals surface area contributed by atoms with E-state index in [1.165, 1.54) is 0 Å². The Bertz CT molecular complexity index is 521. The molecular weight excluding hydrogens is 311 g/mol. The zero-order valence-electron chi connectivity index (χ0n) is 10.8. The Hall–Kier alpha value is -1.96. The molecule has 0 unspecified atom stereocenters. The Kier molecular flexibility index (Phi) is 6.29. The molecule has 21 heavy (non-hydrogen) atoms. The van der Waals surface area contributed by atoms with Crippen molar-refractivity contribution in [3.8, 4) is 0 Å². The van der Waals surface area contributed by atoms with Crippen LogP contribution < -0.4 is 11.1 Å². The molecule has 116 valence electrons. The Labute approximate surface area is 123 Å². The van der Waals surface area contributed by atoms with E-state index in [0.717, 1.165) is 0 Å². The molecule has 0 radical (unpaired) electrons. The average Bonchev–Trinajstić information content (AvgIpc) is 2.38. The van der Waals surface area contributed by atoms with Crippen LogP contribution in [0.25, 0.3) is 0 Å². The first-order chi connectivity index (χ1) is 9.78. The van der Waals surface area contributed by atoms with Gasteiger partial charge in [0.25, 0.3) is 5.91 Å². The minimum absolute atomic E-state index is 0.0479. The van der Waals surface area contributed by atoms with E-state index in [2.05, 4.69) is 9.99 Å².